The molecule has 0 unspecified atom stereocenters. The van der Waals surface area contributed by atoms with Gasteiger partial charge in [0.25, 0.3) is 17.5 Å². The molecule has 3 aromatic rings. The van der Waals surface area contributed by atoms with E-state index in [1.165, 1.54) is 42.5 Å². The second-order valence-electron chi connectivity index (χ2n) is 7.90. The maximum absolute atomic E-state index is 13.1. The number of hydrogen-bond donors (Lipinski definition) is 1. The minimum Gasteiger partial charge on any atom is -0.376 e. The van der Waals surface area contributed by atoms with E-state index in [0.717, 1.165) is 17.7 Å². The summed E-state index contributed by atoms with van der Waals surface area (Å²) in [5, 5.41) is 12.6. The number of carbonyl (C=O) groups is 3. The zero-order valence-corrected chi connectivity index (χ0v) is 21.5. The summed E-state index contributed by atoms with van der Waals surface area (Å²) in [6.45, 7) is 1.79. The fourth-order valence-corrected chi connectivity index (χ4v) is 5.05. The molecule has 0 spiro atoms. The molecule has 194 valence electrons. The Balaban J connectivity index is 1.67. The van der Waals surface area contributed by atoms with Crippen molar-refractivity contribution in [2.45, 2.75) is 11.8 Å². The van der Waals surface area contributed by atoms with Gasteiger partial charge >= 0.3 is 16.1 Å². The molecule has 38 heavy (non-hydrogen) atoms. The summed E-state index contributed by atoms with van der Waals surface area (Å²) in [6.07, 6.45) is 1.07. The van der Waals surface area contributed by atoms with E-state index in [1.54, 1.807) is 19.1 Å². The van der Waals surface area contributed by atoms with Crippen LogP contribution in [0.2, 0.25) is 10.0 Å². The summed E-state index contributed by atoms with van der Waals surface area (Å²) in [5.74, 6) is -2.46. The summed E-state index contributed by atoms with van der Waals surface area (Å²) in [7, 11) is -4.28. The van der Waals surface area contributed by atoms with Gasteiger partial charge in [-0.3, -0.25) is 25.0 Å². The molecule has 0 bridgehead atoms. The molecule has 1 aliphatic rings. The zero-order chi connectivity index (χ0) is 27.8. The van der Waals surface area contributed by atoms with E-state index in [4.69, 9.17) is 27.4 Å². The van der Waals surface area contributed by atoms with Gasteiger partial charge < -0.3 is 4.18 Å². The van der Waals surface area contributed by atoms with E-state index in [0.29, 0.717) is 4.90 Å². The normalized spacial score (nSPS) is 15.0. The minimum atomic E-state index is -4.28. The van der Waals surface area contributed by atoms with Crippen molar-refractivity contribution >= 4 is 68.6 Å². The van der Waals surface area contributed by atoms with E-state index in [9.17, 15) is 32.9 Å². The molecule has 14 heteroatoms. The van der Waals surface area contributed by atoms with Crippen LogP contribution >= 0.6 is 23.2 Å². The third-order valence-electron chi connectivity index (χ3n) is 5.23. The quantitative estimate of drug-likeness (QED) is 0.146. The number of nitrogens with one attached hydrogen (secondary N) is 1. The van der Waals surface area contributed by atoms with Crippen molar-refractivity contribution in [3.05, 3.63) is 97.5 Å². The maximum Gasteiger partial charge on any atom is 0.339 e. The highest BCUT2D eigenvalue weighted by Crippen LogP contribution is 2.37. The lowest BCUT2D eigenvalue weighted by atomic mass is 10.1. The lowest BCUT2D eigenvalue weighted by Crippen LogP contribution is -2.54. The molecule has 1 saturated heterocycles. The Hall–Kier alpha value is -4.26. The topological polar surface area (TPSA) is 153 Å². The number of nitrogens with zero attached hydrogens (tertiary/aromatic N) is 2. The average Bonchev–Trinajstić information content (AvgIpc) is 2.84. The van der Waals surface area contributed by atoms with Gasteiger partial charge in [-0.15, -0.1) is 0 Å². The van der Waals surface area contributed by atoms with Gasteiger partial charge in [-0.2, -0.15) is 8.42 Å². The Morgan fingerprint density at radius 1 is 1.00 bits per heavy atom. The first-order valence-electron chi connectivity index (χ1n) is 10.5. The van der Waals surface area contributed by atoms with Crippen LogP contribution in [0.5, 0.6) is 5.75 Å². The molecule has 0 radical (unpaired) electrons. The number of carbonyl (C=O) groups excluding carboxylic acids is 3. The van der Waals surface area contributed by atoms with Crippen molar-refractivity contribution in [1.82, 2.24) is 5.32 Å². The van der Waals surface area contributed by atoms with Gasteiger partial charge in [-0.25, -0.2) is 9.69 Å². The molecular weight excluding hydrogens is 561 g/mol. The number of nitro benzene ring substituents is 1. The van der Waals surface area contributed by atoms with Gasteiger partial charge in [-0.05, 0) is 48.9 Å². The Morgan fingerprint density at radius 2 is 1.63 bits per heavy atom. The highest BCUT2D eigenvalue weighted by molar-refractivity contribution is 7.87. The summed E-state index contributed by atoms with van der Waals surface area (Å²) < 4.78 is 30.4. The number of hydrogen-bond acceptors (Lipinski definition) is 8. The van der Waals surface area contributed by atoms with Gasteiger partial charge in [0.1, 0.15) is 10.5 Å². The second kappa shape index (κ2) is 10.2. The third kappa shape index (κ3) is 5.37. The zero-order valence-electron chi connectivity index (χ0n) is 19.2. The molecule has 3 aromatic carbocycles. The number of benzene rings is 3. The first-order chi connectivity index (χ1) is 17.9. The standard InChI is InChI=1S/C24H15Cl2N3O8S/c1-13-5-7-17(8-6-13)38(35,36)37-21-19(25)10-14(11-20(21)26)9-18-22(30)27-24(32)28(23(18)31)15-3-2-4-16(12-15)29(33)34/h2-12H,1H3,(H,27,30,32)/b18-9+. The number of rotatable bonds is 6. The molecule has 1 fully saturated rings. The monoisotopic (exact) mass is 575 g/mol. The number of halogens is 2. The van der Waals surface area contributed by atoms with Crippen LogP contribution in [-0.2, 0) is 19.7 Å². The van der Waals surface area contributed by atoms with Crippen molar-refractivity contribution < 1.29 is 31.9 Å². The van der Waals surface area contributed by atoms with E-state index in [2.05, 4.69) is 0 Å². The predicted molar refractivity (Wildman–Crippen MR) is 138 cm³/mol. The molecular formula is C24H15Cl2N3O8S. The van der Waals surface area contributed by atoms with Crippen molar-refractivity contribution in [2.24, 2.45) is 0 Å². The van der Waals surface area contributed by atoms with Gasteiger partial charge in [0.05, 0.1) is 20.7 Å². The van der Waals surface area contributed by atoms with Crippen LogP contribution < -0.4 is 14.4 Å². The molecule has 0 aliphatic carbocycles. The fraction of sp³-hybridized carbons (Fsp3) is 0.0417. The number of non-ortho nitro benzene ring substituents is 1. The molecule has 4 rings (SSSR count). The van der Waals surface area contributed by atoms with E-state index in [-0.39, 0.29) is 37.6 Å². The van der Waals surface area contributed by atoms with Crippen molar-refractivity contribution in [2.75, 3.05) is 4.90 Å². The number of barbiturate groups is 1. The van der Waals surface area contributed by atoms with Crippen LogP contribution in [0, 0.1) is 17.0 Å². The predicted octanol–water partition coefficient (Wildman–Crippen LogP) is 4.64. The maximum atomic E-state index is 13.1. The number of nitro groups is 1. The third-order valence-corrected chi connectivity index (χ3v) is 7.03. The highest BCUT2D eigenvalue weighted by Gasteiger charge is 2.37. The minimum absolute atomic E-state index is 0.104. The summed E-state index contributed by atoms with van der Waals surface area (Å²) in [5.41, 5.74) is -0.0814. The van der Waals surface area contributed by atoms with Gasteiger partial charge in [0.2, 0.25) is 0 Å². The first-order valence-corrected chi connectivity index (χ1v) is 12.7. The molecule has 1 N–H and O–H groups in total. The lowest BCUT2D eigenvalue weighted by molar-refractivity contribution is -0.384. The van der Waals surface area contributed by atoms with Crippen LogP contribution in [0.4, 0.5) is 16.2 Å². The molecule has 0 saturated carbocycles. The molecule has 0 atom stereocenters. The van der Waals surface area contributed by atoms with E-state index >= 15 is 0 Å². The molecule has 0 aromatic heterocycles. The van der Waals surface area contributed by atoms with Crippen molar-refractivity contribution in [1.29, 1.82) is 0 Å². The van der Waals surface area contributed by atoms with Crippen LogP contribution in [0.25, 0.3) is 6.08 Å². The first kappa shape index (κ1) is 26.8. The van der Waals surface area contributed by atoms with Crippen LogP contribution in [0.1, 0.15) is 11.1 Å². The molecule has 4 amide bonds. The van der Waals surface area contributed by atoms with Gasteiger partial charge in [-0.1, -0.05) is 47.0 Å². The van der Waals surface area contributed by atoms with E-state index < -0.39 is 38.5 Å². The average molecular weight is 576 g/mol. The number of aryl methyl sites for hydroxylation is 1. The Bertz CT molecular complexity index is 1630. The summed E-state index contributed by atoms with van der Waals surface area (Å²) in [6, 6.07) is 11.9. The van der Waals surface area contributed by atoms with E-state index in [1.807, 2.05) is 5.32 Å². The number of amides is 4. The number of anilines is 1. The van der Waals surface area contributed by atoms with Crippen LogP contribution in [0.3, 0.4) is 0 Å². The Morgan fingerprint density at radius 3 is 2.24 bits per heavy atom. The molecule has 1 aliphatic heterocycles. The second-order valence-corrected chi connectivity index (χ2v) is 10.3. The largest absolute Gasteiger partial charge is 0.376 e. The molecule has 1 heterocycles. The van der Waals surface area contributed by atoms with Gasteiger partial charge in [0, 0.05) is 12.1 Å². The Kier molecular flexibility index (Phi) is 7.22. The lowest BCUT2D eigenvalue weighted by Gasteiger charge is -2.26. The van der Waals surface area contributed by atoms with Crippen molar-refractivity contribution in [3.8, 4) is 5.75 Å². The van der Waals surface area contributed by atoms with Crippen LogP contribution in [0.15, 0.2) is 71.1 Å². The van der Waals surface area contributed by atoms with Crippen LogP contribution in [-0.4, -0.2) is 31.2 Å². The SMILES string of the molecule is Cc1ccc(S(=O)(=O)Oc2c(Cl)cc(/C=C3\C(=O)NC(=O)N(c4cccc([N+](=O)[O-])c4)C3=O)cc2Cl)cc1. The summed E-state index contributed by atoms with van der Waals surface area (Å²) in [4.78, 5) is 48.7. The fourth-order valence-electron chi connectivity index (χ4n) is 3.41. The Labute approximate surface area is 225 Å². The molecule has 11 nitrogen and oxygen atoms in total. The number of imide groups is 2. The smallest absolute Gasteiger partial charge is 0.339 e. The van der Waals surface area contributed by atoms with Gasteiger partial charge in [0.15, 0.2) is 5.75 Å². The van der Waals surface area contributed by atoms with Crippen molar-refractivity contribution in [3.63, 3.8) is 0 Å². The number of urea groups is 1. The summed E-state index contributed by atoms with van der Waals surface area (Å²) >= 11 is 12.4. The highest BCUT2D eigenvalue weighted by atomic mass is 35.5.